The van der Waals surface area contributed by atoms with E-state index < -0.39 is 7.14 Å². The van der Waals surface area contributed by atoms with Gasteiger partial charge in [0.1, 0.15) is 7.14 Å². The van der Waals surface area contributed by atoms with Crippen molar-refractivity contribution < 1.29 is 23.9 Å². The van der Waals surface area contributed by atoms with Crippen molar-refractivity contribution in [1.82, 2.24) is 0 Å². The topological polar surface area (TPSA) is 72.8 Å². The van der Waals surface area contributed by atoms with Crippen LogP contribution in [0.5, 0.6) is 0 Å². The van der Waals surface area contributed by atoms with Gasteiger partial charge in [-0.2, -0.15) is 0 Å². The van der Waals surface area contributed by atoms with E-state index in [0.29, 0.717) is 5.92 Å². The molecule has 5 nitrogen and oxygen atoms in total. The molecule has 2 atom stereocenters. The Morgan fingerprint density at radius 2 is 1.64 bits per heavy atom. The molecule has 2 unspecified atom stereocenters. The highest BCUT2D eigenvalue weighted by Gasteiger charge is 2.22. The van der Waals surface area contributed by atoms with Crippen LogP contribution in [-0.2, 0) is 20.5 Å². The second-order valence-electron chi connectivity index (χ2n) is 11.9. The number of aldehydes is 1. The van der Waals surface area contributed by atoms with Crippen LogP contribution in [0.4, 0.5) is 0 Å². The summed E-state index contributed by atoms with van der Waals surface area (Å²) in [6, 6.07) is 9.74. The average Bonchev–Trinajstić information content (AvgIpc) is 2.97. The summed E-state index contributed by atoms with van der Waals surface area (Å²) in [4.78, 5) is 11.5. The number of hydrogen-bond acceptors (Lipinski definition) is 5. The maximum atomic E-state index is 12.7. The highest BCUT2D eigenvalue weighted by atomic mass is 31.2. The van der Waals surface area contributed by atoms with E-state index in [-0.39, 0.29) is 18.3 Å². The Bertz CT molecular complexity index is 1240. The van der Waals surface area contributed by atoms with Crippen molar-refractivity contribution >= 4 is 18.7 Å². The van der Waals surface area contributed by atoms with E-state index in [1.54, 1.807) is 7.11 Å². The van der Waals surface area contributed by atoms with Gasteiger partial charge in [-0.3, -0.25) is 4.79 Å². The van der Waals surface area contributed by atoms with Crippen LogP contribution in [0.1, 0.15) is 98.5 Å². The zero-order valence-electron chi connectivity index (χ0n) is 27.9. The van der Waals surface area contributed by atoms with Gasteiger partial charge >= 0.3 is 0 Å². The number of methoxy groups -OCH3 is 1. The molecule has 0 spiro atoms. The van der Waals surface area contributed by atoms with E-state index >= 15 is 0 Å². The number of allylic oxidation sites excluding steroid dienone is 4. The monoisotopic (exact) mass is 598 g/mol. The van der Waals surface area contributed by atoms with Gasteiger partial charge < -0.3 is 19.1 Å². The number of ether oxygens (including phenoxy) is 2. The Morgan fingerprint density at radius 3 is 2.07 bits per heavy atom. The SMILES string of the molecule is CCOC(C)Cc1c(C)c(C=O)c(C)c(C(C)C)c1C.COC(C)(C)CO.CP(=O)(C1=CCCC=C1)c1ccccc1. The normalized spacial score (nSPS) is 15.0. The summed E-state index contributed by atoms with van der Waals surface area (Å²) in [5, 5.41) is 10.4. The first-order valence-corrected chi connectivity index (χ1v) is 17.2. The second-order valence-corrected chi connectivity index (χ2v) is 14.8. The Labute approximate surface area is 255 Å². The molecule has 6 heteroatoms. The number of benzene rings is 2. The Kier molecular flexibility index (Phi) is 15.9. The van der Waals surface area contributed by atoms with Crippen LogP contribution < -0.4 is 5.30 Å². The second kappa shape index (κ2) is 17.7. The number of carbonyl (C=O) groups excluding carboxylic acids is 1. The fraction of sp³-hybridized carbons (Fsp3) is 0.528. The van der Waals surface area contributed by atoms with Crippen molar-refractivity contribution in [3.05, 3.63) is 87.3 Å². The third kappa shape index (κ3) is 10.8. The van der Waals surface area contributed by atoms with Crippen LogP contribution in [0.15, 0.2) is 53.9 Å². The molecule has 0 saturated heterocycles. The summed E-state index contributed by atoms with van der Waals surface area (Å²) in [7, 11) is -0.766. The summed E-state index contributed by atoms with van der Waals surface area (Å²) in [6.45, 7) is 21.1. The number of aliphatic hydroxyl groups is 1. The molecule has 2 aromatic rings. The van der Waals surface area contributed by atoms with Gasteiger partial charge in [0.25, 0.3) is 0 Å². The molecule has 0 radical (unpaired) electrons. The van der Waals surface area contributed by atoms with Gasteiger partial charge in [0, 0.05) is 29.9 Å². The highest BCUT2D eigenvalue weighted by molar-refractivity contribution is 7.75. The van der Waals surface area contributed by atoms with Crippen molar-refractivity contribution in [1.29, 1.82) is 0 Å². The smallest absolute Gasteiger partial charge is 0.150 e. The third-order valence-electron chi connectivity index (χ3n) is 7.81. The van der Waals surface area contributed by atoms with Crippen LogP contribution in [0.2, 0.25) is 0 Å². The predicted octanol–water partition coefficient (Wildman–Crippen LogP) is 8.46. The summed E-state index contributed by atoms with van der Waals surface area (Å²) in [6.07, 6.45) is 10.4. The van der Waals surface area contributed by atoms with Crippen molar-refractivity contribution in [3.63, 3.8) is 0 Å². The van der Waals surface area contributed by atoms with E-state index in [2.05, 4.69) is 53.7 Å². The zero-order valence-corrected chi connectivity index (χ0v) is 28.8. The molecule has 0 fully saturated rings. The lowest BCUT2D eigenvalue weighted by molar-refractivity contribution is -0.0226. The van der Waals surface area contributed by atoms with Gasteiger partial charge in [-0.15, -0.1) is 0 Å². The van der Waals surface area contributed by atoms with Gasteiger partial charge in [-0.25, -0.2) is 0 Å². The first-order valence-electron chi connectivity index (χ1n) is 15.0. The standard InChI is InChI=1S/C18H28O2.C13H15OP.C5H12O2/c1-8-20-12(4)9-16-13(5)17(10-19)15(7)18(11(2)3)14(16)6;1-15(14,12-8-4-2-5-9-12)13-10-6-3-7-11-13;1-5(2,4-6)7-3/h10-12H,8-9H2,1-7H3;2,4-6,8-11H,3,7H2,1H3;6H,4H2,1-3H3. The lowest BCUT2D eigenvalue weighted by Gasteiger charge is -2.24. The summed E-state index contributed by atoms with van der Waals surface area (Å²) in [5.74, 6) is 0.426. The van der Waals surface area contributed by atoms with Crippen molar-refractivity contribution in [2.45, 2.75) is 99.2 Å². The van der Waals surface area contributed by atoms with Crippen LogP contribution in [0.3, 0.4) is 0 Å². The van der Waals surface area contributed by atoms with Gasteiger partial charge in [0.2, 0.25) is 0 Å². The third-order valence-corrected chi connectivity index (χ3v) is 10.4. The Balaban J connectivity index is 0.000000351. The van der Waals surface area contributed by atoms with Crippen LogP contribution in [-0.4, -0.2) is 50.1 Å². The fourth-order valence-electron chi connectivity index (χ4n) is 5.14. The van der Waals surface area contributed by atoms with Gasteiger partial charge in [-0.05, 0) is 108 Å². The van der Waals surface area contributed by atoms with Crippen molar-refractivity contribution in [2.24, 2.45) is 0 Å². The molecular formula is C36H55O5P. The summed E-state index contributed by atoms with van der Waals surface area (Å²) < 4.78 is 23.2. The number of carbonyl (C=O) groups is 1. The average molecular weight is 599 g/mol. The summed E-state index contributed by atoms with van der Waals surface area (Å²) >= 11 is 0. The first kappa shape index (κ1) is 37.7. The minimum Gasteiger partial charge on any atom is -0.393 e. The quantitative estimate of drug-likeness (QED) is 0.219. The van der Waals surface area contributed by atoms with Gasteiger partial charge in [-0.1, -0.05) is 62.4 Å². The molecule has 2 aromatic carbocycles. The molecule has 0 heterocycles. The number of hydrogen-bond donors (Lipinski definition) is 1. The lowest BCUT2D eigenvalue weighted by atomic mass is 9.82. The van der Waals surface area contributed by atoms with E-state index in [0.717, 1.165) is 59.5 Å². The van der Waals surface area contributed by atoms with Gasteiger partial charge in [0.15, 0.2) is 6.29 Å². The van der Waals surface area contributed by atoms with E-state index in [1.807, 2.05) is 63.8 Å². The van der Waals surface area contributed by atoms with Gasteiger partial charge in [0.05, 0.1) is 18.3 Å². The minimum absolute atomic E-state index is 0.0729. The maximum Gasteiger partial charge on any atom is 0.150 e. The molecule has 3 rings (SSSR count). The van der Waals surface area contributed by atoms with E-state index in [9.17, 15) is 9.36 Å². The Hall–Kier alpha value is -2.30. The molecule has 234 valence electrons. The van der Waals surface area contributed by atoms with E-state index in [1.165, 1.54) is 16.7 Å². The molecule has 42 heavy (non-hydrogen) atoms. The zero-order chi connectivity index (χ0) is 32.1. The van der Waals surface area contributed by atoms with Crippen molar-refractivity contribution in [2.75, 3.05) is 27.0 Å². The highest BCUT2D eigenvalue weighted by Crippen LogP contribution is 2.50. The molecule has 1 N–H and O–H groups in total. The molecule has 0 bridgehead atoms. The van der Waals surface area contributed by atoms with Crippen LogP contribution in [0, 0.1) is 20.8 Å². The maximum absolute atomic E-state index is 12.7. The molecule has 0 aromatic heterocycles. The van der Waals surface area contributed by atoms with Crippen LogP contribution >= 0.6 is 7.14 Å². The largest absolute Gasteiger partial charge is 0.393 e. The first-order chi connectivity index (χ1) is 19.7. The Morgan fingerprint density at radius 1 is 1.02 bits per heavy atom. The number of aliphatic hydroxyl groups excluding tert-OH is 1. The molecule has 1 aliphatic rings. The molecule has 1 aliphatic carbocycles. The predicted molar refractivity (Wildman–Crippen MR) is 179 cm³/mol. The summed E-state index contributed by atoms with van der Waals surface area (Å²) in [5.41, 5.74) is 6.67. The minimum atomic E-state index is -2.35. The molecule has 0 aliphatic heterocycles. The lowest BCUT2D eigenvalue weighted by Crippen LogP contribution is -2.26. The molecule has 0 saturated carbocycles. The molecule has 0 amide bonds. The number of rotatable bonds is 10. The fourth-order valence-corrected chi connectivity index (χ4v) is 7.04. The van der Waals surface area contributed by atoms with Crippen molar-refractivity contribution in [3.8, 4) is 0 Å². The molecular weight excluding hydrogens is 543 g/mol. The van der Waals surface area contributed by atoms with Crippen LogP contribution in [0.25, 0.3) is 0 Å². The van der Waals surface area contributed by atoms with E-state index in [4.69, 9.17) is 14.6 Å².